The Morgan fingerprint density at radius 1 is 1.21 bits per heavy atom. The van der Waals surface area contributed by atoms with E-state index in [2.05, 4.69) is 23.7 Å². The summed E-state index contributed by atoms with van der Waals surface area (Å²) >= 11 is 1.76. The zero-order chi connectivity index (χ0) is 13.7. The van der Waals surface area contributed by atoms with Crippen molar-refractivity contribution in [3.05, 3.63) is 51.5 Å². The van der Waals surface area contributed by atoms with E-state index in [1.807, 2.05) is 6.92 Å². The molecule has 1 N–H and O–H groups in total. The Kier molecular flexibility index (Phi) is 4.93. The fraction of sp³-hybridized carbons (Fsp3) is 0.333. The van der Waals surface area contributed by atoms with Crippen LogP contribution in [-0.2, 0) is 6.54 Å². The zero-order valence-electron chi connectivity index (χ0n) is 11.2. The van der Waals surface area contributed by atoms with Crippen molar-refractivity contribution in [1.29, 1.82) is 0 Å². The van der Waals surface area contributed by atoms with Gasteiger partial charge in [0, 0.05) is 24.0 Å². The average Bonchev–Trinajstić information content (AvgIpc) is 2.79. The van der Waals surface area contributed by atoms with E-state index in [1.54, 1.807) is 17.4 Å². The number of ether oxygens (including phenoxy) is 1. The summed E-state index contributed by atoms with van der Waals surface area (Å²) in [6.45, 7) is 6.16. The number of hydrogen-bond donors (Lipinski definition) is 1. The summed E-state index contributed by atoms with van der Waals surface area (Å²) in [6.07, 6.45) is 0. The van der Waals surface area contributed by atoms with E-state index in [-0.39, 0.29) is 5.82 Å². The molecular formula is C15H18FNOS. The second-order valence-electron chi connectivity index (χ2n) is 4.46. The summed E-state index contributed by atoms with van der Waals surface area (Å²) in [4.78, 5) is 1.35. The van der Waals surface area contributed by atoms with Gasteiger partial charge in [0.1, 0.15) is 18.2 Å². The minimum Gasteiger partial charge on any atom is -0.492 e. The van der Waals surface area contributed by atoms with Gasteiger partial charge in [-0.15, -0.1) is 11.3 Å². The molecule has 0 bridgehead atoms. The number of aryl methyl sites for hydroxylation is 2. The molecule has 19 heavy (non-hydrogen) atoms. The standard InChI is InChI=1S/C15H18FNOS/c1-11-3-4-13(16)9-14(11)18-7-6-17-10-15-12(2)5-8-19-15/h3-5,8-9,17H,6-7,10H2,1-2H3. The molecule has 0 aliphatic rings. The van der Waals surface area contributed by atoms with Crippen molar-refractivity contribution in [3.8, 4) is 5.75 Å². The van der Waals surface area contributed by atoms with E-state index in [0.717, 1.165) is 18.7 Å². The molecule has 102 valence electrons. The number of thiophene rings is 1. The van der Waals surface area contributed by atoms with Crippen LogP contribution in [0.3, 0.4) is 0 Å². The van der Waals surface area contributed by atoms with E-state index in [4.69, 9.17) is 4.74 Å². The highest BCUT2D eigenvalue weighted by Crippen LogP contribution is 2.18. The Morgan fingerprint density at radius 2 is 2.05 bits per heavy atom. The third-order valence-corrected chi connectivity index (χ3v) is 3.96. The van der Waals surface area contributed by atoms with E-state index < -0.39 is 0 Å². The minimum atomic E-state index is -0.261. The molecule has 1 aromatic carbocycles. The number of rotatable bonds is 6. The maximum absolute atomic E-state index is 13.1. The maximum atomic E-state index is 13.1. The number of benzene rings is 1. The van der Waals surface area contributed by atoms with Crippen LogP contribution < -0.4 is 10.1 Å². The summed E-state index contributed by atoms with van der Waals surface area (Å²) in [5.74, 6) is 0.358. The third-order valence-electron chi connectivity index (χ3n) is 2.94. The van der Waals surface area contributed by atoms with Gasteiger partial charge in [-0.2, -0.15) is 0 Å². The monoisotopic (exact) mass is 279 g/mol. The molecule has 0 atom stereocenters. The summed E-state index contributed by atoms with van der Waals surface area (Å²) in [6, 6.07) is 6.72. The van der Waals surface area contributed by atoms with Crippen LogP contribution in [0.2, 0.25) is 0 Å². The lowest BCUT2D eigenvalue weighted by molar-refractivity contribution is 0.310. The Morgan fingerprint density at radius 3 is 2.79 bits per heavy atom. The number of halogens is 1. The first-order chi connectivity index (χ1) is 9.16. The lowest BCUT2D eigenvalue weighted by Gasteiger charge is -2.09. The number of nitrogens with one attached hydrogen (secondary N) is 1. The first-order valence-corrected chi connectivity index (χ1v) is 7.17. The molecule has 0 amide bonds. The van der Waals surface area contributed by atoms with Gasteiger partial charge in [-0.05, 0) is 42.5 Å². The van der Waals surface area contributed by atoms with Crippen LogP contribution in [0.4, 0.5) is 4.39 Å². The molecular weight excluding hydrogens is 261 g/mol. The highest BCUT2D eigenvalue weighted by molar-refractivity contribution is 7.10. The summed E-state index contributed by atoms with van der Waals surface area (Å²) in [5, 5.41) is 5.42. The third kappa shape index (κ3) is 4.04. The van der Waals surface area contributed by atoms with Crippen molar-refractivity contribution in [2.45, 2.75) is 20.4 Å². The lowest BCUT2D eigenvalue weighted by Crippen LogP contribution is -2.20. The van der Waals surface area contributed by atoms with Crippen LogP contribution in [0.15, 0.2) is 29.6 Å². The van der Waals surface area contributed by atoms with Gasteiger partial charge in [0.2, 0.25) is 0 Å². The van der Waals surface area contributed by atoms with Crippen LogP contribution in [0.1, 0.15) is 16.0 Å². The van der Waals surface area contributed by atoms with Crippen LogP contribution in [-0.4, -0.2) is 13.2 Å². The summed E-state index contributed by atoms with van der Waals surface area (Å²) < 4.78 is 18.6. The highest BCUT2D eigenvalue weighted by Gasteiger charge is 2.02. The molecule has 0 saturated carbocycles. The van der Waals surface area contributed by atoms with Crippen molar-refractivity contribution in [3.63, 3.8) is 0 Å². The van der Waals surface area contributed by atoms with Gasteiger partial charge >= 0.3 is 0 Å². The van der Waals surface area contributed by atoms with E-state index in [1.165, 1.54) is 22.6 Å². The maximum Gasteiger partial charge on any atom is 0.126 e. The van der Waals surface area contributed by atoms with Gasteiger partial charge < -0.3 is 10.1 Å². The van der Waals surface area contributed by atoms with Crippen molar-refractivity contribution in [1.82, 2.24) is 5.32 Å². The Labute approximate surface area is 117 Å². The number of hydrogen-bond acceptors (Lipinski definition) is 3. The molecule has 0 radical (unpaired) electrons. The van der Waals surface area contributed by atoms with E-state index in [9.17, 15) is 4.39 Å². The molecule has 0 spiro atoms. The molecule has 1 aromatic heterocycles. The first kappa shape index (κ1) is 14.0. The topological polar surface area (TPSA) is 21.3 Å². The van der Waals surface area contributed by atoms with Crippen LogP contribution in [0.5, 0.6) is 5.75 Å². The van der Waals surface area contributed by atoms with E-state index >= 15 is 0 Å². The van der Waals surface area contributed by atoms with Crippen molar-refractivity contribution in [2.75, 3.05) is 13.2 Å². The molecule has 0 aliphatic heterocycles. The SMILES string of the molecule is Cc1ccc(F)cc1OCCNCc1sccc1C. The predicted octanol–water partition coefficient (Wildman–Crippen LogP) is 3.67. The fourth-order valence-electron chi connectivity index (χ4n) is 1.75. The molecule has 4 heteroatoms. The van der Waals surface area contributed by atoms with Crippen molar-refractivity contribution in [2.24, 2.45) is 0 Å². The van der Waals surface area contributed by atoms with Crippen molar-refractivity contribution >= 4 is 11.3 Å². The molecule has 1 heterocycles. The normalized spacial score (nSPS) is 10.7. The van der Waals surface area contributed by atoms with Crippen LogP contribution >= 0.6 is 11.3 Å². The van der Waals surface area contributed by atoms with Gasteiger partial charge in [0.05, 0.1) is 0 Å². The molecule has 0 aliphatic carbocycles. The molecule has 0 saturated heterocycles. The Bertz CT molecular complexity index is 539. The van der Waals surface area contributed by atoms with Gasteiger partial charge in [-0.3, -0.25) is 0 Å². The minimum absolute atomic E-state index is 0.261. The second kappa shape index (κ2) is 6.68. The summed E-state index contributed by atoms with van der Waals surface area (Å²) in [7, 11) is 0. The molecule has 2 rings (SSSR count). The predicted molar refractivity (Wildman–Crippen MR) is 77.4 cm³/mol. The Hall–Kier alpha value is -1.39. The Balaban J connectivity index is 1.72. The quantitative estimate of drug-likeness (QED) is 0.815. The second-order valence-corrected chi connectivity index (χ2v) is 5.46. The van der Waals surface area contributed by atoms with Gasteiger partial charge in [0.15, 0.2) is 0 Å². The van der Waals surface area contributed by atoms with Crippen LogP contribution in [0, 0.1) is 19.7 Å². The largest absolute Gasteiger partial charge is 0.492 e. The lowest BCUT2D eigenvalue weighted by atomic mass is 10.2. The van der Waals surface area contributed by atoms with Gasteiger partial charge in [-0.1, -0.05) is 6.07 Å². The molecule has 2 nitrogen and oxygen atoms in total. The zero-order valence-corrected chi connectivity index (χ0v) is 12.0. The van der Waals surface area contributed by atoms with Gasteiger partial charge in [0.25, 0.3) is 0 Å². The summed E-state index contributed by atoms with van der Waals surface area (Å²) in [5.41, 5.74) is 2.27. The smallest absolute Gasteiger partial charge is 0.126 e. The molecule has 0 unspecified atom stereocenters. The van der Waals surface area contributed by atoms with Crippen molar-refractivity contribution < 1.29 is 9.13 Å². The first-order valence-electron chi connectivity index (χ1n) is 6.29. The highest BCUT2D eigenvalue weighted by atomic mass is 32.1. The average molecular weight is 279 g/mol. The van der Waals surface area contributed by atoms with Crippen LogP contribution in [0.25, 0.3) is 0 Å². The van der Waals surface area contributed by atoms with Gasteiger partial charge in [-0.25, -0.2) is 4.39 Å². The van der Waals surface area contributed by atoms with E-state index in [0.29, 0.717) is 12.4 Å². The molecule has 0 fully saturated rings. The molecule has 2 aromatic rings. The fourth-order valence-corrected chi connectivity index (χ4v) is 2.63.